The predicted molar refractivity (Wildman–Crippen MR) is 92.5 cm³/mol. The van der Waals surface area contributed by atoms with Gasteiger partial charge in [0.15, 0.2) is 0 Å². The molecule has 0 fully saturated rings. The number of nitrogens with one attached hydrogen (secondary N) is 1. The second kappa shape index (κ2) is 5.72. The number of hydrogen-bond acceptors (Lipinski definition) is 3. The van der Waals surface area contributed by atoms with Gasteiger partial charge >= 0.3 is 0 Å². The second-order valence-corrected chi connectivity index (χ2v) is 6.71. The number of carbonyl (C=O) groups is 1. The molecule has 1 aromatic carbocycles. The molecule has 0 bridgehead atoms. The van der Waals surface area contributed by atoms with Crippen molar-refractivity contribution in [1.82, 2.24) is 4.98 Å². The molecular formula is C17H18BrN3O. The lowest BCUT2D eigenvalue weighted by Gasteiger charge is -2.13. The Morgan fingerprint density at radius 1 is 1.32 bits per heavy atom. The number of aromatic nitrogens is 1. The average molecular weight is 360 g/mol. The molecule has 5 heteroatoms. The van der Waals surface area contributed by atoms with Gasteiger partial charge in [0.1, 0.15) is 5.82 Å². The van der Waals surface area contributed by atoms with Crippen LogP contribution in [0.4, 0.5) is 11.5 Å². The van der Waals surface area contributed by atoms with Crippen LogP contribution in [0.5, 0.6) is 0 Å². The molecule has 1 aromatic heterocycles. The minimum atomic E-state index is -0.180. The molecule has 3 rings (SSSR count). The zero-order valence-corrected chi connectivity index (χ0v) is 14.4. The highest BCUT2D eigenvalue weighted by molar-refractivity contribution is 9.10. The monoisotopic (exact) mass is 359 g/mol. The Kier molecular flexibility index (Phi) is 3.91. The van der Waals surface area contributed by atoms with Gasteiger partial charge in [0.05, 0.1) is 5.92 Å². The van der Waals surface area contributed by atoms with Crippen LogP contribution in [0, 0.1) is 13.8 Å². The lowest BCUT2D eigenvalue weighted by atomic mass is 10.0. The van der Waals surface area contributed by atoms with Crippen LogP contribution in [0.3, 0.4) is 0 Å². The molecule has 0 aliphatic carbocycles. The molecule has 1 unspecified atom stereocenters. The first-order chi connectivity index (χ1) is 10.4. The van der Waals surface area contributed by atoms with Crippen LogP contribution >= 0.6 is 15.9 Å². The number of halogens is 1. The van der Waals surface area contributed by atoms with Crippen LogP contribution in [0.15, 0.2) is 34.8 Å². The van der Waals surface area contributed by atoms with Gasteiger partial charge < -0.3 is 10.2 Å². The number of aryl methyl sites for hydroxylation is 2. The van der Waals surface area contributed by atoms with Crippen molar-refractivity contribution in [3.63, 3.8) is 0 Å². The quantitative estimate of drug-likeness (QED) is 0.890. The molecule has 22 heavy (non-hydrogen) atoms. The Bertz CT molecular complexity index is 724. The van der Waals surface area contributed by atoms with Gasteiger partial charge in [-0.2, -0.15) is 0 Å². The van der Waals surface area contributed by atoms with Crippen LogP contribution in [0.1, 0.15) is 22.7 Å². The molecule has 2 aromatic rings. The summed E-state index contributed by atoms with van der Waals surface area (Å²) in [5.41, 5.74) is 4.16. The highest BCUT2D eigenvalue weighted by Gasteiger charge is 2.32. The number of anilines is 2. The van der Waals surface area contributed by atoms with E-state index in [1.54, 1.807) is 0 Å². The maximum absolute atomic E-state index is 12.7. The van der Waals surface area contributed by atoms with E-state index >= 15 is 0 Å². The molecule has 0 radical (unpaired) electrons. The summed E-state index contributed by atoms with van der Waals surface area (Å²) in [4.78, 5) is 19.2. The summed E-state index contributed by atoms with van der Waals surface area (Å²) in [6, 6.07) is 9.96. The summed E-state index contributed by atoms with van der Waals surface area (Å²) >= 11 is 3.48. The average Bonchev–Trinajstić information content (AvgIpc) is 2.74. The van der Waals surface area contributed by atoms with E-state index in [9.17, 15) is 4.79 Å². The van der Waals surface area contributed by atoms with E-state index in [0.717, 1.165) is 27.0 Å². The number of benzene rings is 1. The summed E-state index contributed by atoms with van der Waals surface area (Å²) in [6.07, 6.45) is 0. The summed E-state index contributed by atoms with van der Waals surface area (Å²) < 4.78 is 0.990. The van der Waals surface area contributed by atoms with Crippen LogP contribution in [0.25, 0.3) is 0 Å². The number of carbonyl (C=O) groups excluding carboxylic acids is 1. The zero-order valence-electron chi connectivity index (χ0n) is 12.9. The summed E-state index contributed by atoms with van der Waals surface area (Å²) in [6.45, 7) is 4.61. The maximum atomic E-state index is 12.7. The molecule has 114 valence electrons. The first kappa shape index (κ1) is 15.0. The van der Waals surface area contributed by atoms with Gasteiger partial charge in [0.25, 0.3) is 0 Å². The van der Waals surface area contributed by atoms with E-state index < -0.39 is 0 Å². The number of fused-ring (bicyclic) bond motifs is 1. The maximum Gasteiger partial charge on any atom is 0.234 e. The number of likely N-dealkylation sites (N-methyl/N-ethyl adjacent to an activating group) is 1. The third-order valence-corrected chi connectivity index (χ3v) is 4.39. The van der Waals surface area contributed by atoms with E-state index in [4.69, 9.17) is 0 Å². The van der Waals surface area contributed by atoms with Gasteiger partial charge in [0, 0.05) is 29.4 Å². The third kappa shape index (κ3) is 2.86. The van der Waals surface area contributed by atoms with E-state index in [1.807, 2.05) is 51.2 Å². The SMILES string of the molecule is Cc1cc(C)nc(NC(=O)C2CN(C)c3ccc(Br)cc32)c1. The highest BCUT2D eigenvalue weighted by atomic mass is 79.9. The molecule has 1 aliphatic heterocycles. The van der Waals surface area contributed by atoms with Gasteiger partial charge in [0.2, 0.25) is 5.91 Å². The highest BCUT2D eigenvalue weighted by Crippen LogP contribution is 2.37. The van der Waals surface area contributed by atoms with Gasteiger partial charge in [-0.25, -0.2) is 4.98 Å². The van der Waals surface area contributed by atoms with Crippen LogP contribution in [-0.2, 0) is 4.79 Å². The van der Waals surface area contributed by atoms with E-state index in [0.29, 0.717) is 12.4 Å². The summed E-state index contributed by atoms with van der Waals surface area (Å²) in [5, 5.41) is 2.95. The van der Waals surface area contributed by atoms with E-state index in [1.165, 1.54) is 0 Å². The van der Waals surface area contributed by atoms with Crippen molar-refractivity contribution in [2.24, 2.45) is 0 Å². The molecule has 1 amide bonds. The fraction of sp³-hybridized carbons (Fsp3) is 0.294. The molecule has 1 atom stereocenters. The van der Waals surface area contributed by atoms with Gasteiger partial charge in [-0.15, -0.1) is 0 Å². The first-order valence-electron chi connectivity index (χ1n) is 7.21. The minimum absolute atomic E-state index is 0.0128. The Balaban J connectivity index is 1.86. The fourth-order valence-electron chi connectivity index (χ4n) is 2.97. The molecular weight excluding hydrogens is 342 g/mol. The van der Waals surface area contributed by atoms with Crippen molar-refractivity contribution in [3.05, 3.63) is 51.6 Å². The van der Waals surface area contributed by atoms with E-state index in [2.05, 4.69) is 31.1 Å². The van der Waals surface area contributed by atoms with Crippen molar-refractivity contribution in [3.8, 4) is 0 Å². The molecule has 0 saturated heterocycles. The number of rotatable bonds is 2. The summed E-state index contributed by atoms with van der Waals surface area (Å²) in [7, 11) is 2.01. The number of amides is 1. The number of pyridine rings is 1. The number of nitrogens with zero attached hydrogens (tertiary/aromatic N) is 2. The molecule has 0 spiro atoms. The molecule has 2 heterocycles. The van der Waals surface area contributed by atoms with Crippen molar-refractivity contribution in [2.75, 3.05) is 23.8 Å². The fourth-order valence-corrected chi connectivity index (χ4v) is 3.34. The minimum Gasteiger partial charge on any atom is -0.373 e. The molecule has 0 saturated carbocycles. The molecule has 4 nitrogen and oxygen atoms in total. The first-order valence-corrected chi connectivity index (χ1v) is 8.00. The largest absolute Gasteiger partial charge is 0.373 e. The second-order valence-electron chi connectivity index (χ2n) is 5.80. The van der Waals surface area contributed by atoms with Gasteiger partial charge in [-0.1, -0.05) is 15.9 Å². The van der Waals surface area contributed by atoms with Crippen molar-refractivity contribution < 1.29 is 4.79 Å². The van der Waals surface area contributed by atoms with Crippen LogP contribution in [0.2, 0.25) is 0 Å². The lowest BCUT2D eigenvalue weighted by molar-refractivity contribution is -0.117. The topological polar surface area (TPSA) is 45.2 Å². The van der Waals surface area contributed by atoms with E-state index in [-0.39, 0.29) is 11.8 Å². The third-order valence-electron chi connectivity index (χ3n) is 3.90. The molecule has 1 N–H and O–H groups in total. The lowest BCUT2D eigenvalue weighted by Crippen LogP contribution is -2.26. The zero-order chi connectivity index (χ0) is 15.9. The van der Waals surface area contributed by atoms with Gasteiger partial charge in [-0.05, 0) is 55.3 Å². The number of hydrogen-bond donors (Lipinski definition) is 1. The normalized spacial score (nSPS) is 16.5. The Morgan fingerprint density at radius 3 is 2.82 bits per heavy atom. The van der Waals surface area contributed by atoms with Crippen molar-refractivity contribution in [1.29, 1.82) is 0 Å². The standard InChI is InChI=1S/C17H18BrN3O/c1-10-6-11(2)19-16(7-10)20-17(22)14-9-21(3)15-5-4-12(18)8-13(14)15/h4-8,14H,9H2,1-3H3,(H,19,20,22). The Morgan fingerprint density at radius 2 is 2.09 bits per heavy atom. The van der Waals surface area contributed by atoms with Gasteiger partial charge in [-0.3, -0.25) is 4.79 Å². The van der Waals surface area contributed by atoms with Crippen LogP contribution < -0.4 is 10.2 Å². The summed E-state index contributed by atoms with van der Waals surface area (Å²) in [5.74, 6) is 0.426. The Hall–Kier alpha value is -1.88. The van der Waals surface area contributed by atoms with Crippen LogP contribution in [-0.4, -0.2) is 24.5 Å². The smallest absolute Gasteiger partial charge is 0.234 e. The molecule has 1 aliphatic rings. The predicted octanol–water partition coefficient (Wildman–Crippen LogP) is 3.63. The van der Waals surface area contributed by atoms with Crippen molar-refractivity contribution >= 4 is 33.3 Å². The van der Waals surface area contributed by atoms with Crippen molar-refractivity contribution in [2.45, 2.75) is 19.8 Å². The Labute approximate surface area is 138 Å².